The summed E-state index contributed by atoms with van der Waals surface area (Å²) in [5, 5.41) is 4.93. The second-order valence-electron chi connectivity index (χ2n) is 14.7. The standard InChI is InChI=1S/C44H46F3N2S/c1-7-48-35-24-20-29-14-9-11-18-33(29)39(35)42(3,4)37(48)26-22-31-16-13-17-32(41(31)50-28-44(45,46)47)23-27-38-43(5,6)40-34-19-12-10-15-30(34)21-25-36(40)49(38)8-2/h9-12,14-15,18-27H,7-8,13,16-17,28H2,1-6H3/q+1. The Hall–Kier alpha value is -4.03. The van der Waals surface area contributed by atoms with Crippen LogP contribution in [0.15, 0.2) is 119 Å². The summed E-state index contributed by atoms with van der Waals surface area (Å²) in [6.07, 6.45) is 6.76. The van der Waals surface area contributed by atoms with Crippen LogP contribution in [0.2, 0.25) is 0 Å². The van der Waals surface area contributed by atoms with Crippen LogP contribution in [0.5, 0.6) is 0 Å². The van der Waals surface area contributed by atoms with Crippen LogP contribution in [-0.4, -0.2) is 35.3 Å². The molecule has 258 valence electrons. The van der Waals surface area contributed by atoms with E-state index in [1.54, 1.807) is 0 Å². The van der Waals surface area contributed by atoms with Crippen molar-refractivity contribution in [3.8, 4) is 0 Å². The summed E-state index contributed by atoms with van der Waals surface area (Å²) in [4.78, 5) is 3.14. The number of benzene rings is 4. The molecule has 0 N–H and O–H groups in total. The van der Waals surface area contributed by atoms with Crippen LogP contribution in [0, 0.1) is 0 Å². The lowest BCUT2D eigenvalue weighted by Gasteiger charge is -2.27. The van der Waals surface area contributed by atoms with Crippen LogP contribution in [-0.2, 0) is 10.8 Å². The van der Waals surface area contributed by atoms with Gasteiger partial charge in [-0.1, -0.05) is 80.6 Å². The molecule has 0 radical (unpaired) electrons. The Morgan fingerprint density at radius 3 is 2.10 bits per heavy atom. The van der Waals surface area contributed by atoms with Crippen molar-refractivity contribution in [2.45, 2.75) is 77.8 Å². The number of halogens is 3. The normalized spacial score (nSPS) is 20.3. The van der Waals surface area contributed by atoms with Crippen LogP contribution >= 0.6 is 11.8 Å². The monoisotopic (exact) mass is 691 g/mol. The Morgan fingerprint density at radius 1 is 0.780 bits per heavy atom. The second kappa shape index (κ2) is 12.9. The van der Waals surface area contributed by atoms with Crippen LogP contribution < -0.4 is 4.90 Å². The topological polar surface area (TPSA) is 6.25 Å². The minimum Gasteiger partial charge on any atom is -0.344 e. The lowest BCUT2D eigenvalue weighted by atomic mass is 9.78. The molecule has 2 nitrogen and oxygen atoms in total. The molecule has 0 unspecified atom stereocenters. The molecular weight excluding hydrogens is 646 g/mol. The van der Waals surface area contributed by atoms with Gasteiger partial charge in [0.05, 0.1) is 11.2 Å². The van der Waals surface area contributed by atoms with E-state index in [4.69, 9.17) is 0 Å². The average molecular weight is 692 g/mol. The molecule has 4 aromatic carbocycles. The van der Waals surface area contributed by atoms with E-state index in [0.717, 1.165) is 60.2 Å². The third kappa shape index (κ3) is 5.83. The molecule has 3 aliphatic rings. The van der Waals surface area contributed by atoms with Gasteiger partial charge in [0.2, 0.25) is 5.69 Å². The van der Waals surface area contributed by atoms with Crippen molar-refractivity contribution >= 4 is 50.4 Å². The van der Waals surface area contributed by atoms with Gasteiger partial charge < -0.3 is 4.90 Å². The van der Waals surface area contributed by atoms with Gasteiger partial charge in [0, 0.05) is 46.0 Å². The lowest BCUT2D eigenvalue weighted by molar-refractivity contribution is -0.433. The maximum absolute atomic E-state index is 13.8. The van der Waals surface area contributed by atoms with Crippen molar-refractivity contribution in [2.75, 3.05) is 23.7 Å². The van der Waals surface area contributed by atoms with Crippen LogP contribution in [0.1, 0.15) is 71.9 Å². The molecule has 1 aliphatic carbocycles. The largest absolute Gasteiger partial charge is 0.398 e. The molecule has 7 rings (SSSR count). The molecule has 0 saturated carbocycles. The van der Waals surface area contributed by atoms with Crippen molar-refractivity contribution in [3.05, 3.63) is 130 Å². The van der Waals surface area contributed by atoms with Crippen molar-refractivity contribution < 1.29 is 17.7 Å². The van der Waals surface area contributed by atoms with Gasteiger partial charge in [0.1, 0.15) is 6.54 Å². The van der Waals surface area contributed by atoms with Crippen LogP contribution in [0.3, 0.4) is 0 Å². The first-order chi connectivity index (χ1) is 23.9. The molecule has 0 bridgehead atoms. The highest BCUT2D eigenvalue weighted by molar-refractivity contribution is 8.03. The Balaban J connectivity index is 1.31. The minimum absolute atomic E-state index is 0.267. The molecule has 0 fully saturated rings. The lowest BCUT2D eigenvalue weighted by Crippen LogP contribution is -2.27. The van der Waals surface area contributed by atoms with Crippen molar-refractivity contribution in [3.63, 3.8) is 0 Å². The molecule has 0 saturated heterocycles. The summed E-state index contributed by atoms with van der Waals surface area (Å²) in [7, 11) is 0. The summed E-state index contributed by atoms with van der Waals surface area (Å²) in [5.74, 6) is -0.905. The molecule has 6 heteroatoms. The molecule has 0 amide bonds. The Kier molecular flexibility index (Phi) is 8.91. The molecular formula is C44H46F3N2S+. The zero-order valence-electron chi connectivity index (χ0n) is 29.9. The number of rotatable bonds is 7. The maximum Gasteiger partial charge on any atom is 0.398 e. The number of allylic oxidation sites excluding steroid dienone is 7. The minimum atomic E-state index is -4.26. The summed E-state index contributed by atoms with van der Waals surface area (Å²) in [5.41, 5.74) is 8.83. The first-order valence-corrected chi connectivity index (χ1v) is 18.8. The maximum atomic E-state index is 13.8. The molecule has 2 heterocycles. The second-order valence-corrected chi connectivity index (χ2v) is 15.7. The number of nitrogens with zero attached hydrogens (tertiary/aromatic N) is 2. The fourth-order valence-electron chi connectivity index (χ4n) is 8.67. The van der Waals surface area contributed by atoms with E-state index < -0.39 is 11.9 Å². The van der Waals surface area contributed by atoms with E-state index in [1.807, 2.05) is 0 Å². The highest BCUT2D eigenvalue weighted by atomic mass is 32.2. The zero-order valence-corrected chi connectivity index (χ0v) is 30.7. The van der Waals surface area contributed by atoms with E-state index in [-0.39, 0.29) is 10.8 Å². The van der Waals surface area contributed by atoms with Gasteiger partial charge in [-0.15, -0.1) is 11.8 Å². The van der Waals surface area contributed by atoms with Gasteiger partial charge >= 0.3 is 6.18 Å². The van der Waals surface area contributed by atoms with Gasteiger partial charge in [-0.3, -0.25) is 0 Å². The van der Waals surface area contributed by atoms with Crippen LogP contribution in [0.25, 0.3) is 21.5 Å². The summed E-state index contributed by atoms with van der Waals surface area (Å²) >= 11 is 0.946. The van der Waals surface area contributed by atoms with Gasteiger partial charge in [0.25, 0.3) is 0 Å². The molecule has 2 aliphatic heterocycles. The summed E-state index contributed by atoms with van der Waals surface area (Å²) in [6.45, 7) is 15.0. The number of likely N-dealkylation sites (N-methyl/N-ethyl adjacent to an activating group) is 1. The Labute approximate surface area is 298 Å². The first-order valence-electron chi connectivity index (χ1n) is 17.9. The van der Waals surface area contributed by atoms with E-state index in [9.17, 15) is 13.2 Å². The van der Waals surface area contributed by atoms with Crippen LogP contribution in [0.4, 0.5) is 24.5 Å². The fraction of sp³-hybridized carbons (Fsp3) is 0.341. The summed E-state index contributed by atoms with van der Waals surface area (Å²) in [6, 6.07) is 25.8. The highest BCUT2D eigenvalue weighted by Crippen LogP contribution is 2.51. The van der Waals surface area contributed by atoms with Gasteiger partial charge in [-0.05, 0) is 103 Å². The molecule has 0 aromatic heterocycles. The van der Waals surface area contributed by atoms with E-state index in [2.05, 4.69) is 148 Å². The SMILES string of the molecule is CCN1/C(=C/C=C2\CCCC(/C=C/C3=[N+](CC)c4ccc5ccccc5c4C3(C)C)=C2SCC(F)(F)F)C(C)(C)c2c1ccc1ccccc21. The van der Waals surface area contributed by atoms with E-state index >= 15 is 0 Å². The molecule has 0 spiro atoms. The third-order valence-electron chi connectivity index (χ3n) is 10.9. The van der Waals surface area contributed by atoms with Gasteiger partial charge in [0.15, 0.2) is 5.71 Å². The molecule has 4 aromatic rings. The van der Waals surface area contributed by atoms with Gasteiger partial charge in [-0.2, -0.15) is 17.7 Å². The van der Waals surface area contributed by atoms with E-state index in [1.165, 1.54) is 55.5 Å². The predicted octanol–water partition coefficient (Wildman–Crippen LogP) is 12.3. The fourth-order valence-corrected chi connectivity index (χ4v) is 9.69. The van der Waals surface area contributed by atoms with Crippen molar-refractivity contribution in [2.24, 2.45) is 0 Å². The summed E-state index contributed by atoms with van der Waals surface area (Å²) < 4.78 is 43.7. The molecule has 50 heavy (non-hydrogen) atoms. The number of hydrogen-bond acceptors (Lipinski definition) is 2. The first kappa shape index (κ1) is 34.4. The van der Waals surface area contributed by atoms with Crippen molar-refractivity contribution in [1.82, 2.24) is 0 Å². The Bertz CT molecular complexity index is 2160. The number of thioether (sulfide) groups is 1. The van der Waals surface area contributed by atoms with E-state index in [0.29, 0.717) is 0 Å². The highest BCUT2D eigenvalue weighted by Gasteiger charge is 2.45. The number of anilines is 1. The number of alkyl halides is 3. The Morgan fingerprint density at radius 2 is 1.44 bits per heavy atom. The average Bonchev–Trinajstić information content (AvgIpc) is 3.46. The quantitative estimate of drug-likeness (QED) is 0.178. The zero-order chi connectivity index (χ0) is 35.4. The number of hydrogen-bond donors (Lipinski definition) is 0. The smallest absolute Gasteiger partial charge is 0.344 e. The predicted molar refractivity (Wildman–Crippen MR) is 207 cm³/mol. The number of fused-ring (bicyclic) bond motifs is 6. The van der Waals surface area contributed by atoms with Crippen molar-refractivity contribution in [1.29, 1.82) is 0 Å². The third-order valence-corrected chi connectivity index (χ3v) is 12.2. The van der Waals surface area contributed by atoms with Gasteiger partial charge in [-0.25, -0.2) is 0 Å². The molecule has 0 atom stereocenters.